The van der Waals surface area contributed by atoms with Crippen molar-refractivity contribution < 1.29 is 21.8 Å². The summed E-state index contributed by atoms with van der Waals surface area (Å²) in [5.74, 6) is 0.272. The molecular formula is C10H14ClN3O. The van der Waals surface area contributed by atoms with Gasteiger partial charge in [-0.05, 0) is 12.5 Å². The van der Waals surface area contributed by atoms with Crippen molar-refractivity contribution in [3.63, 3.8) is 0 Å². The lowest BCUT2D eigenvalue weighted by molar-refractivity contribution is -0.566. The number of carbonyl (C=O) groups is 1. The first kappa shape index (κ1) is 11.8. The fourth-order valence-electron chi connectivity index (χ4n) is 1.59. The van der Waals surface area contributed by atoms with Crippen molar-refractivity contribution in [1.82, 2.24) is 9.88 Å². The van der Waals surface area contributed by atoms with Crippen LogP contribution in [0, 0.1) is 0 Å². The Morgan fingerprint density at radius 1 is 1.60 bits per heavy atom. The Kier molecular flexibility index (Phi) is 4.37. The van der Waals surface area contributed by atoms with Crippen LogP contribution in [0.15, 0.2) is 24.8 Å². The number of amides is 1. The van der Waals surface area contributed by atoms with Gasteiger partial charge in [0.2, 0.25) is 12.2 Å². The molecule has 1 N–H and O–H groups in total. The van der Waals surface area contributed by atoms with Gasteiger partial charge in [0.1, 0.15) is 12.4 Å². The summed E-state index contributed by atoms with van der Waals surface area (Å²) in [6, 6.07) is 0. The van der Waals surface area contributed by atoms with E-state index in [-0.39, 0.29) is 18.3 Å². The molecular weight excluding hydrogens is 214 g/mol. The number of nitrogens with one attached hydrogen (secondary N) is 1. The van der Waals surface area contributed by atoms with Gasteiger partial charge in [-0.2, -0.15) is 0 Å². The average molecular weight is 228 g/mol. The molecule has 0 spiro atoms. The summed E-state index contributed by atoms with van der Waals surface area (Å²) in [6.07, 6.45) is 11.3. The SMILES string of the molecule is O=C1CCCN1CC=C[n+]1cc[nH]c1.[Cl-]. The topological polar surface area (TPSA) is 40.0 Å². The van der Waals surface area contributed by atoms with E-state index in [2.05, 4.69) is 4.98 Å². The van der Waals surface area contributed by atoms with E-state index in [0.29, 0.717) is 6.42 Å². The van der Waals surface area contributed by atoms with Crippen LogP contribution >= 0.6 is 0 Å². The number of imidazole rings is 1. The number of rotatable bonds is 3. The highest BCUT2D eigenvalue weighted by atomic mass is 35.5. The van der Waals surface area contributed by atoms with Crippen molar-refractivity contribution in [3.8, 4) is 0 Å². The lowest BCUT2D eigenvalue weighted by Gasteiger charge is -2.11. The Bertz CT molecular complexity index is 334. The second-order valence-electron chi connectivity index (χ2n) is 3.39. The molecule has 1 fully saturated rings. The van der Waals surface area contributed by atoms with Gasteiger partial charge in [0, 0.05) is 19.5 Å². The minimum atomic E-state index is 0. The largest absolute Gasteiger partial charge is 1.00 e. The maximum atomic E-state index is 11.2. The van der Waals surface area contributed by atoms with Gasteiger partial charge in [0.05, 0.1) is 6.20 Å². The third-order valence-electron chi connectivity index (χ3n) is 2.34. The summed E-state index contributed by atoms with van der Waals surface area (Å²) in [6.45, 7) is 1.62. The molecule has 1 aliphatic heterocycles. The molecule has 1 saturated heterocycles. The lowest BCUT2D eigenvalue weighted by atomic mass is 10.4. The molecule has 5 heteroatoms. The van der Waals surface area contributed by atoms with Crippen molar-refractivity contribution in [1.29, 1.82) is 0 Å². The fourth-order valence-corrected chi connectivity index (χ4v) is 1.59. The van der Waals surface area contributed by atoms with Gasteiger partial charge >= 0.3 is 0 Å². The number of halogens is 1. The molecule has 2 rings (SSSR count). The van der Waals surface area contributed by atoms with Gasteiger partial charge in [-0.3, -0.25) is 4.79 Å². The zero-order chi connectivity index (χ0) is 9.80. The summed E-state index contributed by atoms with van der Waals surface area (Å²) < 4.78 is 1.92. The second kappa shape index (κ2) is 5.56. The third kappa shape index (κ3) is 3.09. The van der Waals surface area contributed by atoms with Crippen molar-refractivity contribution in [2.24, 2.45) is 0 Å². The van der Waals surface area contributed by atoms with E-state index in [1.54, 1.807) is 0 Å². The number of aromatic amines is 1. The van der Waals surface area contributed by atoms with E-state index in [1.165, 1.54) is 0 Å². The summed E-state index contributed by atoms with van der Waals surface area (Å²) in [5.41, 5.74) is 0. The van der Waals surface area contributed by atoms with Crippen LogP contribution in [0.25, 0.3) is 6.20 Å². The quantitative estimate of drug-likeness (QED) is 0.566. The molecule has 0 atom stereocenters. The van der Waals surface area contributed by atoms with Crippen molar-refractivity contribution in [2.75, 3.05) is 13.1 Å². The van der Waals surface area contributed by atoms with Gasteiger partial charge in [-0.25, -0.2) is 9.55 Å². The minimum absolute atomic E-state index is 0. The number of aromatic nitrogens is 2. The summed E-state index contributed by atoms with van der Waals surface area (Å²) in [5, 5.41) is 0. The Hall–Kier alpha value is -1.29. The molecule has 0 aromatic carbocycles. The monoisotopic (exact) mass is 227 g/mol. The highest BCUT2D eigenvalue weighted by Gasteiger charge is 2.18. The molecule has 1 aromatic heterocycles. The normalized spacial score (nSPS) is 16.0. The molecule has 82 valence electrons. The predicted molar refractivity (Wildman–Crippen MR) is 52.1 cm³/mol. The van der Waals surface area contributed by atoms with Gasteiger partial charge in [0.15, 0.2) is 0 Å². The standard InChI is InChI=1S/C10H13N3O.ClH/c14-10-3-1-6-13(10)7-2-5-12-8-4-11-9-12;/h2,4-5,8-9H,1,3,6-7H2;1H. The van der Waals surface area contributed by atoms with Gasteiger partial charge in [-0.15, -0.1) is 0 Å². The molecule has 0 bridgehead atoms. The Morgan fingerprint density at radius 3 is 3.07 bits per heavy atom. The smallest absolute Gasteiger partial charge is 0.246 e. The summed E-state index contributed by atoms with van der Waals surface area (Å²) >= 11 is 0. The first-order valence-corrected chi connectivity index (χ1v) is 4.84. The van der Waals surface area contributed by atoms with Crippen LogP contribution in [-0.2, 0) is 4.79 Å². The summed E-state index contributed by atoms with van der Waals surface area (Å²) in [4.78, 5) is 16.1. The van der Waals surface area contributed by atoms with Crippen LogP contribution in [0.4, 0.5) is 0 Å². The van der Waals surface area contributed by atoms with E-state index in [0.717, 1.165) is 19.5 Å². The van der Waals surface area contributed by atoms with Crippen LogP contribution in [0.2, 0.25) is 0 Å². The molecule has 4 nitrogen and oxygen atoms in total. The van der Waals surface area contributed by atoms with E-state index in [1.807, 2.05) is 40.5 Å². The molecule has 1 aromatic rings. The maximum absolute atomic E-state index is 11.2. The van der Waals surface area contributed by atoms with Crippen LogP contribution in [0.1, 0.15) is 12.8 Å². The van der Waals surface area contributed by atoms with Crippen LogP contribution in [0.3, 0.4) is 0 Å². The first-order chi connectivity index (χ1) is 6.86. The van der Waals surface area contributed by atoms with E-state index < -0.39 is 0 Å². The lowest BCUT2D eigenvalue weighted by Crippen LogP contribution is -3.00. The molecule has 0 radical (unpaired) electrons. The third-order valence-corrected chi connectivity index (χ3v) is 2.34. The summed E-state index contributed by atoms with van der Waals surface area (Å²) in [7, 11) is 0. The van der Waals surface area contributed by atoms with Gasteiger partial charge in [0.25, 0.3) is 0 Å². The van der Waals surface area contributed by atoms with E-state index in [9.17, 15) is 4.79 Å². The molecule has 0 unspecified atom stereocenters. The van der Waals surface area contributed by atoms with Crippen LogP contribution in [-0.4, -0.2) is 28.9 Å². The number of carbonyl (C=O) groups excluding carboxylic acids is 1. The molecule has 0 aliphatic carbocycles. The van der Waals surface area contributed by atoms with Crippen molar-refractivity contribution in [3.05, 3.63) is 24.8 Å². The Labute approximate surface area is 95.0 Å². The predicted octanol–water partition coefficient (Wildman–Crippen LogP) is -2.60. The van der Waals surface area contributed by atoms with E-state index >= 15 is 0 Å². The number of nitrogens with zero attached hydrogens (tertiary/aromatic N) is 2. The number of H-pyrrole nitrogens is 1. The second-order valence-corrected chi connectivity index (χ2v) is 3.39. The molecule has 2 heterocycles. The Balaban J connectivity index is 0.00000112. The molecule has 1 amide bonds. The number of hydrogen-bond acceptors (Lipinski definition) is 1. The van der Waals surface area contributed by atoms with E-state index in [4.69, 9.17) is 0 Å². The number of hydrogen-bond donors (Lipinski definition) is 1. The first-order valence-electron chi connectivity index (χ1n) is 4.84. The molecule has 0 saturated carbocycles. The number of likely N-dealkylation sites (tertiary alicyclic amines) is 1. The van der Waals surface area contributed by atoms with Gasteiger partial charge in [-0.1, -0.05) is 0 Å². The van der Waals surface area contributed by atoms with Gasteiger partial charge < -0.3 is 17.3 Å². The maximum Gasteiger partial charge on any atom is 0.246 e. The average Bonchev–Trinajstić information content (AvgIpc) is 2.78. The highest BCUT2D eigenvalue weighted by molar-refractivity contribution is 5.78. The van der Waals surface area contributed by atoms with Crippen LogP contribution in [0.5, 0.6) is 0 Å². The molecule has 1 aliphatic rings. The fraction of sp³-hybridized carbons (Fsp3) is 0.400. The zero-order valence-electron chi connectivity index (χ0n) is 8.40. The molecule has 15 heavy (non-hydrogen) atoms. The van der Waals surface area contributed by atoms with Crippen molar-refractivity contribution >= 4 is 12.1 Å². The highest BCUT2D eigenvalue weighted by Crippen LogP contribution is 2.08. The minimum Gasteiger partial charge on any atom is -1.00 e. The zero-order valence-corrected chi connectivity index (χ0v) is 9.15. The van der Waals surface area contributed by atoms with Crippen molar-refractivity contribution in [2.45, 2.75) is 12.8 Å². The Morgan fingerprint density at radius 2 is 2.47 bits per heavy atom. The van der Waals surface area contributed by atoms with Crippen LogP contribution < -0.4 is 17.0 Å².